The summed E-state index contributed by atoms with van der Waals surface area (Å²) in [5, 5.41) is 10.7. The molecule has 10 heteroatoms. The summed E-state index contributed by atoms with van der Waals surface area (Å²) in [5.74, 6) is -2.37. The molecule has 0 aliphatic carbocycles. The number of unbranched alkanes of at least 4 members (excludes halogenated alkanes) is 7. The predicted molar refractivity (Wildman–Crippen MR) is 148 cm³/mol. The molecule has 228 valence electrons. The van der Waals surface area contributed by atoms with Crippen LogP contribution in [0.5, 0.6) is 5.75 Å². The number of hydrogen-bond donors (Lipinski definition) is 1. The van der Waals surface area contributed by atoms with E-state index in [1.807, 2.05) is 6.07 Å². The number of hydrogen-bond acceptors (Lipinski definition) is 9. The molecule has 4 rings (SSSR count). The number of fused-ring (bicyclic) bond motifs is 1. The molecule has 0 bridgehead atoms. The minimum atomic E-state index is -1.10. The minimum Gasteiger partial charge on any atom is -0.508 e. The van der Waals surface area contributed by atoms with Crippen LogP contribution in [0.3, 0.4) is 0 Å². The Morgan fingerprint density at radius 2 is 1.61 bits per heavy atom. The molecule has 2 amide bonds. The number of carbonyl (C=O) groups is 3. The van der Waals surface area contributed by atoms with Crippen LogP contribution in [-0.4, -0.2) is 53.4 Å². The fourth-order valence-electron chi connectivity index (χ4n) is 6.56. The van der Waals surface area contributed by atoms with Gasteiger partial charge in [-0.3, -0.25) is 9.59 Å². The zero-order valence-corrected chi connectivity index (χ0v) is 24.9. The van der Waals surface area contributed by atoms with Crippen LogP contribution in [-0.2, 0) is 44.3 Å². The third-order valence-electron chi connectivity index (χ3n) is 8.60. The molecule has 2 unspecified atom stereocenters. The molecule has 1 N–H and O–H groups in total. The summed E-state index contributed by atoms with van der Waals surface area (Å²) in [6.45, 7) is 10.1. The van der Waals surface area contributed by atoms with Crippen molar-refractivity contribution in [3.05, 3.63) is 29.8 Å². The Hall–Kier alpha value is -2.53. The lowest BCUT2D eigenvalue weighted by atomic mass is 9.57. The molecule has 3 aliphatic rings. The van der Waals surface area contributed by atoms with Crippen molar-refractivity contribution in [1.82, 2.24) is 5.06 Å². The predicted octanol–water partition coefficient (Wildman–Crippen LogP) is 5.46. The van der Waals surface area contributed by atoms with E-state index in [1.54, 1.807) is 18.2 Å². The van der Waals surface area contributed by atoms with E-state index in [2.05, 4.69) is 27.7 Å². The van der Waals surface area contributed by atoms with Gasteiger partial charge in [-0.15, -0.1) is 5.06 Å². The second-order valence-electron chi connectivity index (χ2n) is 12.7. The molecular weight excluding hydrogens is 530 g/mol. The quantitative estimate of drug-likeness (QED) is 0.156. The van der Waals surface area contributed by atoms with Gasteiger partial charge in [0.25, 0.3) is 17.6 Å². The van der Waals surface area contributed by atoms with E-state index in [-0.39, 0.29) is 30.4 Å². The highest BCUT2D eigenvalue weighted by Crippen LogP contribution is 2.69. The van der Waals surface area contributed by atoms with E-state index >= 15 is 0 Å². The lowest BCUT2D eigenvalue weighted by Crippen LogP contribution is -2.74. The van der Waals surface area contributed by atoms with Crippen LogP contribution in [0.15, 0.2) is 24.3 Å². The maximum atomic E-state index is 11.8. The van der Waals surface area contributed by atoms with Gasteiger partial charge in [0, 0.05) is 42.3 Å². The number of ether oxygens (including phenoxy) is 2. The van der Waals surface area contributed by atoms with Crippen molar-refractivity contribution in [2.75, 3.05) is 19.8 Å². The maximum Gasteiger partial charge on any atom is 0.333 e. The van der Waals surface area contributed by atoms with Crippen LogP contribution < -0.4 is 0 Å². The second-order valence-corrected chi connectivity index (χ2v) is 12.7. The van der Waals surface area contributed by atoms with Gasteiger partial charge < -0.3 is 19.4 Å². The van der Waals surface area contributed by atoms with Crippen LogP contribution in [0, 0.1) is 10.8 Å². The Balaban J connectivity index is 1.10. The molecule has 3 heterocycles. The van der Waals surface area contributed by atoms with E-state index in [0.717, 1.165) is 50.5 Å². The Morgan fingerprint density at radius 3 is 2.22 bits per heavy atom. The van der Waals surface area contributed by atoms with Gasteiger partial charge in [0.15, 0.2) is 5.60 Å². The zero-order valence-electron chi connectivity index (χ0n) is 24.9. The van der Waals surface area contributed by atoms with E-state index in [1.165, 1.54) is 0 Å². The lowest BCUT2D eigenvalue weighted by Gasteiger charge is -2.61. The summed E-state index contributed by atoms with van der Waals surface area (Å²) < 4.78 is 12.4. The molecule has 0 radical (unpaired) electrons. The van der Waals surface area contributed by atoms with Crippen molar-refractivity contribution in [2.45, 2.75) is 110 Å². The SMILES string of the molecule is CC(C)(COCCCCCCCCCCC(=O)ON1C(=O)CCC1=O)C12OOC1(c1cccc(O)c1)OCC2(C)C. The number of aromatic hydroxyl groups is 1. The summed E-state index contributed by atoms with van der Waals surface area (Å²) >= 11 is 0. The number of hydroxylamine groups is 2. The van der Waals surface area contributed by atoms with Gasteiger partial charge in [0.05, 0.1) is 13.2 Å². The summed E-state index contributed by atoms with van der Waals surface area (Å²) in [5.41, 5.74) is -0.851. The molecule has 3 fully saturated rings. The normalized spacial score (nSPS) is 25.3. The molecule has 2 atom stereocenters. The van der Waals surface area contributed by atoms with Crippen molar-refractivity contribution < 1.29 is 43.6 Å². The smallest absolute Gasteiger partial charge is 0.333 e. The zero-order chi connectivity index (χ0) is 29.7. The van der Waals surface area contributed by atoms with Gasteiger partial charge in [0.1, 0.15) is 5.75 Å². The van der Waals surface area contributed by atoms with Crippen LogP contribution in [0.1, 0.15) is 104 Å². The minimum absolute atomic E-state index is 0.108. The molecule has 1 aromatic rings. The van der Waals surface area contributed by atoms with Crippen LogP contribution in [0.25, 0.3) is 0 Å². The number of phenols is 1. The number of phenolic OH excluding ortho intramolecular Hbond substituents is 1. The fourth-order valence-corrected chi connectivity index (χ4v) is 6.56. The third-order valence-corrected chi connectivity index (χ3v) is 8.60. The average molecular weight is 576 g/mol. The highest BCUT2D eigenvalue weighted by Gasteiger charge is 2.82. The van der Waals surface area contributed by atoms with Crippen molar-refractivity contribution in [1.29, 1.82) is 0 Å². The number of amides is 2. The highest BCUT2D eigenvalue weighted by atomic mass is 17.3. The van der Waals surface area contributed by atoms with Gasteiger partial charge >= 0.3 is 5.97 Å². The Labute approximate surface area is 242 Å². The molecule has 0 aromatic heterocycles. The van der Waals surface area contributed by atoms with E-state index in [0.29, 0.717) is 31.3 Å². The summed E-state index contributed by atoms with van der Waals surface area (Å²) in [6, 6.07) is 6.97. The first kappa shape index (κ1) is 31.4. The Bertz CT molecular complexity index is 1090. The number of imide groups is 1. The van der Waals surface area contributed by atoms with Crippen molar-refractivity contribution in [3.8, 4) is 5.75 Å². The molecule has 0 saturated carbocycles. The Kier molecular flexibility index (Phi) is 9.78. The molecular formula is C31H45NO9. The van der Waals surface area contributed by atoms with E-state index in [9.17, 15) is 19.5 Å². The molecule has 3 saturated heterocycles. The largest absolute Gasteiger partial charge is 0.508 e. The van der Waals surface area contributed by atoms with E-state index < -0.39 is 34.6 Å². The van der Waals surface area contributed by atoms with Crippen molar-refractivity contribution in [2.24, 2.45) is 10.8 Å². The van der Waals surface area contributed by atoms with Gasteiger partial charge in [-0.2, -0.15) is 4.89 Å². The molecule has 10 nitrogen and oxygen atoms in total. The number of carbonyl (C=O) groups excluding carboxylic acids is 3. The highest BCUT2D eigenvalue weighted by molar-refractivity contribution is 6.01. The number of rotatable bonds is 16. The molecule has 1 aromatic carbocycles. The first-order valence-electron chi connectivity index (χ1n) is 14.9. The van der Waals surface area contributed by atoms with Gasteiger partial charge in [0.2, 0.25) is 0 Å². The molecule has 0 spiro atoms. The van der Waals surface area contributed by atoms with Gasteiger partial charge in [-0.25, -0.2) is 9.68 Å². The van der Waals surface area contributed by atoms with Crippen LogP contribution in [0.4, 0.5) is 0 Å². The average Bonchev–Trinajstić information content (AvgIpc) is 3.29. The monoisotopic (exact) mass is 575 g/mol. The first-order valence-corrected chi connectivity index (χ1v) is 14.9. The van der Waals surface area contributed by atoms with Gasteiger partial charge in [-0.05, 0) is 25.0 Å². The van der Waals surface area contributed by atoms with Crippen LogP contribution >= 0.6 is 0 Å². The van der Waals surface area contributed by atoms with Crippen molar-refractivity contribution in [3.63, 3.8) is 0 Å². The lowest BCUT2D eigenvalue weighted by molar-refractivity contribution is -0.628. The van der Waals surface area contributed by atoms with Crippen LogP contribution in [0.2, 0.25) is 0 Å². The number of benzene rings is 1. The second kappa shape index (κ2) is 12.8. The molecule has 3 aliphatic heterocycles. The third kappa shape index (κ3) is 6.16. The first-order chi connectivity index (χ1) is 19.5. The Morgan fingerprint density at radius 1 is 0.976 bits per heavy atom. The standard InChI is InChI=1S/C31H45NO9/c1-28(2,31-29(3,4)22-38-30(31,40-41-31)23-14-13-15-24(33)20-23)21-37-19-12-10-8-6-5-7-9-11-16-27(36)39-32-25(34)17-18-26(32)35/h13-15,20,33H,5-12,16-19,21-22H2,1-4H3. The summed E-state index contributed by atoms with van der Waals surface area (Å²) in [7, 11) is 0. The number of nitrogens with zero attached hydrogens (tertiary/aromatic N) is 1. The fraction of sp³-hybridized carbons (Fsp3) is 0.710. The van der Waals surface area contributed by atoms with Gasteiger partial charge in [-0.1, -0.05) is 78.4 Å². The maximum absolute atomic E-state index is 11.8. The molecule has 41 heavy (non-hydrogen) atoms. The van der Waals surface area contributed by atoms with Crippen molar-refractivity contribution >= 4 is 17.8 Å². The summed E-state index contributed by atoms with van der Waals surface area (Å²) in [4.78, 5) is 51.4. The van der Waals surface area contributed by atoms with E-state index in [4.69, 9.17) is 24.1 Å². The topological polar surface area (TPSA) is 121 Å². The summed E-state index contributed by atoms with van der Waals surface area (Å²) in [6.07, 6.45) is 8.44.